The zero-order valence-corrected chi connectivity index (χ0v) is 9.83. The van der Waals surface area contributed by atoms with Crippen LogP contribution in [0, 0.1) is 0 Å². The molecule has 1 amide bonds. The van der Waals surface area contributed by atoms with Crippen LogP contribution in [0.5, 0.6) is 0 Å². The van der Waals surface area contributed by atoms with Gasteiger partial charge in [-0.25, -0.2) is 4.79 Å². The Balaban J connectivity index is 2.07. The molecular weight excluding hydrogens is 234 g/mol. The van der Waals surface area contributed by atoms with Crippen molar-refractivity contribution in [3.8, 4) is 0 Å². The summed E-state index contributed by atoms with van der Waals surface area (Å²) in [5.41, 5.74) is 0.552. The molecule has 5 nitrogen and oxygen atoms in total. The first-order valence-electron chi connectivity index (χ1n) is 5.88. The van der Waals surface area contributed by atoms with Crippen molar-refractivity contribution in [2.24, 2.45) is 0 Å². The van der Waals surface area contributed by atoms with Crippen LogP contribution in [0.25, 0.3) is 0 Å². The second kappa shape index (κ2) is 5.64. The van der Waals surface area contributed by atoms with Crippen molar-refractivity contribution < 1.29 is 19.4 Å². The number of carbonyl (C=O) groups is 2. The average Bonchev–Trinajstić information content (AvgIpc) is 2.90. The van der Waals surface area contributed by atoms with Gasteiger partial charge in [0.25, 0.3) is 0 Å². The standard InChI is InChI=1S/C13H15NO4/c15-12(10-7-4-8-18-10)14-11(13(16)17)9-5-2-1-3-6-9/h1-3,5-6,10-11H,4,7-8H2,(H,14,15)(H,16,17). The molecule has 1 aliphatic heterocycles. The number of nitrogens with one attached hydrogen (secondary N) is 1. The van der Waals surface area contributed by atoms with Crippen molar-refractivity contribution in [1.29, 1.82) is 0 Å². The monoisotopic (exact) mass is 249 g/mol. The van der Waals surface area contributed by atoms with Crippen molar-refractivity contribution >= 4 is 11.9 Å². The summed E-state index contributed by atoms with van der Waals surface area (Å²) in [5.74, 6) is -1.43. The highest BCUT2D eigenvalue weighted by Gasteiger charge is 2.28. The quantitative estimate of drug-likeness (QED) is 0.838. The molecule has 0 spiro atoms. The third-order valence-corrected chi connectivity index (χ3v) is 2.89. The van der Waals surface area contributed by atoms with Crippen LogP contribution < -0.4 is 5.32 Å². The zero-order valence-electron chi connectivity index (χ0n) is 9.83. The van der Waals surface area contributed by atoms with Gasteiger partial charge in [0, 0.05) is 6.61 Å². The first-order chi connectivity index (χ1) is 8.68. The van der Waals surface area contributed by atoms with E-state index in [1.165, 1.54) is 0 Å². The molecule has 0 bridgehead atoms. The van der Waals surface area contributed by atoms with E-state index in [2.05, 4.69) is 5.32 Å². The highest BCUT2D eigenvalue weighted by atomic mass is 16.5. The summed E-state index contributed by atoms with van der Waals surface area (Å²) >= 11 is 0. The van der Waals surface area contributed by atoms with Gasteiger partial charge in [-0.3, -0.25) is 4.79 Å². The molecule has 96 valence electrons. The summed E-state index contributed by atoms with van der Waals surface area (Å²) < 4.78 is 5.23. The van der Waals surface area contributed by atoms with Crippen LogP contribution in [-0.2, 0) is 14.3 Å². The largest absolute Gasteiger partial charge is 0.479 e. The summed E-state index contributed by atoms with van der Waals surface area (Å²) in [7, 11) is 0. The number of amides is 1. The van der Waals surface area contributed by atoms with Gasteiger partial charge in [0.1, 0.15) is 6.10 Å². The molecule has 1 aromatic carbocycles. The summed E-state index contributed by atoms with van der Waals surface area (Å²) in [6.07, 6.45) is 0.962. The normalized spacial score (nSPS) is 20.3. The number of carboxylic acids is 1. The molecule has 1 fully saturated rings. The average molecular weight is 249 g/mol. The van der Waals surface area contributed by atoms with E-state index in [-0.39, 0.29) is 5.91 Å². The fourth-order valence-corrected chi connectivity index (χ4v) is 1.95. The first-order valence-corrected chi connectivity index (χ1v) is 5.88. The highest BCUT2D eigenvalue weighted by molar-refractivity contribution is 5.87. The minimum atomic E-state index is -1.08. The van der Waals surface area contributed by atoms with Crippen molar-refractivity contribution in [1.82, 2.24) is 5.32 Å². The lowest BCUT2D eigenvalue weighted by atomic mass is 10.1. The van der Waals surface area contributed by atoms with Crippen LogP contribution in [0.15, 0.2) is 30.3 Å². The molecule has 2 N–H and O–H groups in total. The number of carbonyl (C=O) groups excluding carboxylic acids is 1. The van der Waals surface area contributed by atoms with Crippen molar-refractivity contribution in [2.75, 3.05) is 6.61 Å². The Morgan fingerprint density at radius 3 is 2.61 bits per heavy atom. The summed E-state index contributed by atoms with van der Waals surface area (Å²) in [6.45, 7) is 0.557. The van der Waals surface area contributed by atoms with E-state index in [1.807, 2.05) is 0 Å². The Bertz CT molecular complexity index is 426. The number of benzene rings is 1. The van der Waals surface area contributed by atoms with Gasteiger partial charge in [0.05, 0.1) is 0 Å². The van der Waals surface area contributed by atoms with Gasteiger partial charge in [-0.2, -0.15) is 0 Å². The van der Waals surface area contributed by atoms with Gasteiger partial charge >= 0.3 is 5.97 Å². The predicted octanol–water partition coefficient (Wildman–Crippen LogP) is 1.11. The van der Waals surface area contributed by atoms with Crippen LogP contribution in [-0.4, -0.2) is 29.7 Å². The second-order valence-corrected chi connectivity index (χ2v) is 4.19. The fraction of sp³-hybridized carbons (Fsp3) is 0.385. The number of aliphatic carboxylic acids is 1. The topological polar surface area (TPSA) is 75.6 Å². The lowest BCUT2D eigenvalue weighted by Crippen LogP contribution is -2.39. The molecule has 1 aliphatic rings. The van der Waals surface area contributed by atoms with Gasteiger partial charge in [-0.05, 0) is 18.4 Å². The van der Waals surface area contributed by atoms with E-state index in [0.29, 0.717) is 18.6 Å². The SMILES string of the molecule is O=C(NC(C(=O)O)c1ccccc1)C1CCCO1. The summed E-state index contributed by atoms with van der Waals surface area (Å²) in [5, 5.41) is 11.7. The third kappa shape index (κ3) is 2.87. The summed E-state index contributed by atoms with van der Waals surface area (Å²) in [4.78, 5) is 23.0. The van der Waals surface area contributed by atoms with E-state index in [1.54, 1.807) is 30.3 Å². The Labute approximate surface area is 105 Å². The van der Waals surface area contributed by atoms with Gasteiger partial charge in [0.15, 0.2) is 6.04 Å². The number of rotatable bonds is 4. The lowest BCUT2D eigenvalue weighted by molar-refractivity contribution is -0.143. The highest BCUT2D eigenvalue weighted by Crippen LogP contribution is 2.16. The number of hydrogen-bond donors (Lipinski definition) is 2. The molecular formula is C13H15NO4. The molecule has 1 saturated heterocycles. The van der Waals surface area contributed by atoms with Crippen LogP contribution in [0.1, 0.15) is 24.4 Å². The maximum absolute atomic E-state index is 11.8. The number of carboxylic acid groups (broad SMARTS) is 1. The van der Waals surface area contributed by atoms with Gasteiger partial charge in [-0.15, -0.1) is 0 Å². The Kier molecular flexibility index (Phi) is 3.94. The van der Waals surface area contributed by atoms with Crippen LogP contribution in [0.2, 0.25) is 0 Å². The van der Waals surface area contributed by atoms with E-state index in [4.69, 9.17) is 9.84 Å². The Morgan fingerprint density at radius 2 is 2.06 bits per heavy atom. The van der Waals surface area contributed by atoms with Crippen LogP contribution in [0.3, 0.4) is 0 Å². The van der Waals surface area contributed by atoms with Gasteiger partial charge in [-0.1, -0.05) is 30.3 Å². The third-order valence-electron chi connectivity index (χ3n) is 2.89. The van der Waals surface area contributed by atoms with Crippen molar-refractivity contribution in [2.45, 2.75) is 25.0 Å². The smallest absolute Gasteiger partial charge is 0.330 e. The minimum Gasteiger partial charge on any atom is -0.479 e. The van der Waals surface area contributed by atoms with E-state index < -0.39 is 18.1 Å². The predicted molar refractivity (Wildman–Crippen MR) is 63.9 cm³/mol. The molecule has 18 heavy (non-hydrogen) atoms. The molecule has 1 heterocycles. The number of hydrogen-bond acceptors (Lipinski definition) is 3. The maximum atomic E-state index is 11.8. The van der Waals surface area contributed by atoms with E-state index in [9.17, 15) is 9.59 Å². The number of ether oxygens (including phenoxy) is 1. The zero-order chi connectivity index (χ0) is 13.0. The minimum absolute atomic E-state index is 0.358. The molecule has 2 rings (SSSR count). The molecule has 2 unspecified atom stereocenters. The molecule has 1 aromatic rings. The Hall–Kier alpha value is -1.88. The summed E-state index contributed by atoms with van der Waals surface area (Å²) in [6, 6.07) is 7.60. The molecule has 0 saturated carbocycles. The lowest BCUT2D eigenvalue weighted by Gasteiger charge is -2.17. The maximum Gasteiger partial charge on any atom is 0.330 e. The van der Waals surface area contributed by atoms with Crippen LogP contribution in [0.4, 0.5) is 0 Å². The first kappa shape index (κ1) is 12.6. The Morgan fingerprint density at radius 1 is 1.33 bits per heavy atom. The fourth-order valence-electron chi connectivity index (χ4n) is 1.95. The van der Waals surface area contributed by atoms with E-state index in [0.717, 1.165) is 6.42 Å². The van der Waals surface area contributed by atoms with Gasteiger partial charge in [0.2, 0.25) is 5.91 Å². The van der Waals surface area contributed by atoms with Gasteiger partial charge < -0.3 is 15.2 Å². The molecule has 5 heteroatoms. The molecule has 0 aliphatic carbocycles. The van der Waals surface area contributed by atoms with Crippen molar-refractivity contribution in [3.05, 3.63) is 35.9 Å². The second-order valence-electron chi connectivity index (χ2n) is 4.19. The van der Waals surface area contributed by atoms with Crippen LogP contribution >= 0.6 is 0 Å². The molecule has 0 aromatic heterocycles. The van der Waals surface area contributed by atoms with E-state index >= 15 is 0 Å². The van der Waals surface area contributed by atoms with Crippen molar-refractivity contribution in [3.63, 3.8) is 0 Å². The molecule has 0 radical (unpaired) electrons. The molecule has 2 atom stereocenters.